The number of benzene rings is 1. The van der Waals surface area contributed by atoms with Crippen molar-refractivity contribution in [2.24, 2.45) is 4.99 Å². The van der Waals surface area contributed by atoms with Crippen LogP contribution in [0, 0.1) is 0 Å². The molecule has 8 heteroatoms. The number of halogens is 2. The van der Waals surface area contributed by atoms with Crippen molar-refractivity contribution < 1.29 is 4.79 Å². The molecule has 1 aromatic carbocycles. The van der Waals surface area contributed by atoms with Crippen LogP contribution in [-0.2, 0) is 6.54 Å². The quantitative estimate of drug-likeness (QED) is 0.785. The predicted molar refractivity (Wildman–Crippen MR) is 86.4 cm³/mol. The number of amides is 1. The minimum absolute atomic E-state index is 0.351. The first kappa shape index (κ1) is 15.0. The zero-order valence-electron chi connectivity index (χ0n) is 11.2. The van der Waals surface area contributed by atoms with E-state index >= 15 is 0 Å². The molecule has 2 aromatic heterocycles. The maximum absolute atomic E-state index is 12.0. The molecule has 1 amide bonds. The number of nitrogens with zero attached hydrogens (tertiary/aromatic N) is 3. The van der Waals surface area contributed by atoms with Gasteiger partial charge in [-0.25, -0.2) is 0 Å². The van der Waals surface area contributed by atoms with Crippen molar-refractivity contribution in [2.75, 3.05) is 0 Å². The largest absolute Gasteiger partial charge is 0.319 e. The molecule has 3 rings (SSSR count). The van der Waals surface area contributed by atoms with Crippen LogP contribution in [0.1, 0.15) is 16.1 Å². The van der Waals surface area contributed by atoms with Crippen LogP contribution in [0.4, 0.5) is 0 Å². The summed E-state index contributed by atoms with van der Waals surface area (Å²) in [6.45, 7) is 0.509. The molecule has 2 heterocycles. The van der Waals surface area contributed by atoms with E-state index in [4.69, 9.17) is 23.2 Å². The summed E-state index contributed by atoms with van der Waals surface area (Å²) in [7, 11) is 0. The Morgan fingerprint density at radius 2 is 2.23 bits per heavy atom. The highest BCUT2D eigenvalue weighted by atomic mass is 35.5. The monoisotopic (exact) mass is 352 g/mol. The zero-order valence-corrected chi connectivity index (χ0v) is 13.5. The van der Waals surface area contributed by atoms with Crippen molar-refractivity contribution in [3.8, 4) is 0 Å². The van der Waals surface area contributed by atoms with Gasteiger partial charge in [-0.1, -0.05) is 29.3 Å². The molecule has 0 aliphatic rings. The number of rotatable bonds is 3. The van der Waals surface area contributed by atoms with Crippen LogP contribution >= 0.6 is 34.5 Å². The molecule has 0 saturated carbocycles. The zero-order chi connectivity index (χ0) is 15.5. The topological polar surface area (TPSA) is 63.0 Å². The number of H-pyrrole nitrogens is 1. The van der Waals surface area contributed by atoms with E-state index in [9.17, 15) is 4.79 Å². The van der Waals surface area contributed by atoms with Gasteiger partial charge < -0.3 is 4.57 Å². The third kappa shape index (κ3) is 3.30. The lowest BCUT2D eigenvalue weighted by atomic mass is 10.2. The lowest BCUT2D eigenvalue weighted by Gasteiger charge is -2.06. The molecule has 0 saturated heterocycles. The number of carbonyl (C=O) groups is 1. The van der Waals surface area contributed by atoms with Gasteiger partial charge in [0.1, 0.15) is 5.69 Å². The summed E-state index contributed by atoms with van der Waals surface area (Å²) >= 11 is 13.5. The molecule has 0 atom stereocenters. The molecule has 112 valence electrons. The van der Waals surface area contributed by atoms with Gasteiger partial charge in [0.15, 0.2) is 4.80 Å². The molecule has 0 aliphatic carbocycles. The van der Waals surface area contributed by atoms with Gasteiger partial charge in [0.2, 0.25) is 0 Å². The second-order valence-electron chi connectivity index (χ2n) is 4.44. The molecule has 0 spiro atoms. The van der Waals surface area contributed by atoms with Crippen LogP contribution in [0.25, 0.3) is 0 Å². The Kier molecular flexibility index (Phi) is 4.42. The highest BCUT2D eigenvalue weighted by Gasteiger charge is 2.07. The number of hydrogen-bond acceptors (Lipinski definition) is 3. The van der Waals surface area contributed by atoms with Gasteiger partial charge in [0.25, 0.3) is 5.91 Å². The average molecular weight is 353 g/mol. The summed E-state index contributed by atoms with van der Waals surface area (Å²) in [4.78, 5) is 16.7. The highest BCUT2D eigenvalue weighted by Crippen LogP contribution is 2.21. The van der Waals surface area contributed by atoms with E-state index in [1.807, 2.05) is 22.2 Å². The highest BCUT2D eigenvalue weighted by molar-refractivity contribution is 7.07. The number of nitrogens with one attached hydrogen (secondary N) is 1. The van der Waals surface area contributed by atoms with Crippen LogP contribution in [0.5, 0.6) is 0 Å². The average Bonchev–Trinajstić information content (AvgIpc) is 3.14. The van der Waals surface area contributed by atoms with Gasteiger partial charge in [-0.3, -0.25) is 9.89 Å². The molecule has 1 N–H and O–H groups in total. The van der Waals surface area contributed by atoms with Crippen molar-refractivity contribution in [3.63, 3.8) is 0 Å². The summed E-state index contributed by atoms with van der Waals surface area (Å²) in [6, 6.07) is 6.91. The summed E-state index contributed by atoms with van der Waals surface area (Å²) < 4.78 is 1.86. The number of thiazole rings is 1. The standard InChI is InChI=1S/C14H10Cl2N4OS/c15-10-2-1-9(11(16)7-10)8-20-5-6-22-14(20)18-13(21)12-3-4-17-19-12/h1-7H,8H2,(H,17,19). The number of aromatic amines is 1. The molecule has 0 fully saturated rings. The Bertz CT molecular complexity index is 867. The molecule has 3 aromatic rings. The van der Waals surface area contributed by atoms with Crippen LogP contribution in [0.3, 0.4) is 0 Å². The fourth-order valence-electron chi connectivity index (χ4n) is 1.86. The van der Waals surface area contributed by atoms with Gasteiger partial charge in [-0.15, -0.1) is 11.3 Å². The summed E-state index contributed by atoms with van der Waals surface area (Å²) in [5.74, 6) is -0.365. The first-order chi connectivity index (χ1) is 10.6. The first-order valence-corrected chi connectivity index (χ1v) is 7.93. The lowest BCUT2D eigenvalue weighted by molar-refractivity contribution is 0.0993. The Labute approximate surface area is 139 Å². The third-order valence-corrected chi connectivity index (χ3v) is 4.33. The van der Waals surface area contributed by atoms with E-state index in [-0.39, 0.29) is 5.91 Å². The minimum atomic E-state index is -0.365. The number of hydrogen-bond donors (Lipinski definition) is 1. The van der Waals surface area contributed by atoms with Crippen molar-refractivity contribution >= 4 is 40.4 Å². The van der Waals surface area contributed by atoms with Crippen molar-refractivity contribution in [2.45, 2.75) is 6.54 Å². The molecule has 0 radical (unpaired) electrons. The van der Waals surface area contributed by atoms with E-state index in [0.29, 0.717) is 27.1 Å². The Hall–Kier alpha value is -1.89. The van der Waals surface area contributed by atoms with E-state index in [1.165, 1.54) is 17.5 Å². The van der Waals surface area contributed by atoms with E-state index in [0.717, 1.165) is 5.56 Å². The summed E-state index contributed by atoms with van der Waals surface area (Å²) in [5, 5.41) is 9.37. The lowest BCUT2D eigenvalue weighted by Crippen LogP contribution is -2.17. The smallest absolute Gasteiger partial charge is 0.297 e. The normalized spacial score (nSPS) is 11.8. The molecule has 0 bridgehead atoms. The Balaban J connectivity index is 1.91. The van der Waals surface area contributed by atoms with Gasteiger partial charge >= 0.3 is 0 Å². The number of carbonyl (C=O) groups excluding carboxylic acids is 1. The van der Waals surface area contributed by atoms with Gasteiger partial charge in [0, 0.05) is 27.8 Å². The molecule has 22 heavy (non-hydrogen) atoms. The van der Waals surface area contributed by atoms with Crippen molar-refractivity contribution in [1.82, 2.24) is 14.8 Å². The molecule has 0 unspecified atom stereocenters. The van der Waals surface area contributed by atoms with E-state index in [2.05, 4.69) is 15.2 Å². The second-order valence-corrected chi connectivity index (χ2v) is 6.15. The first-order valence-electron chi connectivity index (χ1n) is 6.30. The molecular formula is C14H10Cl2N4OS. The van der Waals surface area contributed by atoms with Crippen LogP contribution < -0.4 is 4.80 Å². The second kappa shape index (κ2) is 6.48. The third-order valence-electron chi connectivity index (χ3n) is 2.94. The maximum Gasteiger partial charge on any atom is 0.297 e. The molecular weight excluding hydrogens is 343 g/mol. The summed E-state index contributed by atoms with van der Waals surface area (Å²) in [6.07, 6.45) is 3.37. The van der Waals surface area contributed by atoms with Crippen LogP contribution in [0.2, 0.25) is 10.0 Å². The fraction of sp³-hybridized carbons (Fsp3) is 0.0714. The Morgan fingerprint density at radius 3 is 2.95 bits per heavy atom. The van der Waals surface area contributed by atoms with Crippen LogP contribution in [-0.4, -0.2) is 20.7 Å². The van der Waals surface area contributed by atoms with Crippen molar-refractivity contribution in [1.29, 1.82) is 0 Å². The fourth-order valence-corrected chi connectivity index (χ4v) is 3.06. The SMILES string of the molecule is O=C(N=c1sccn1Cc1ccc(Cl)cc1Cl)c1ccn[nH]1. The van der Waals surface area contributed by atoms with Gasteiger partial charge in [0.05, 0.1) is 6.54 Å². The molecule has 0 aliphatic heterocycles. The van der Waals surface area contributed by atoms with Crippen molar-refractivity contribution in [3.05, 3.63) is 68.1 Å². The minimum Gasteiger partial charge on any atom is -0.319 e. The maximum atomic E-state index is 12.0. The Morgan fingerprint density at radius 1 is 1.36 bits per heavy atom. The summed E-state index contributed by atoms with van der Waals surface area (Å²) in [5.41, 5.74) is 1.25. The van der Waals surface area contributed by atoms with Gasteiger partial charge in [-0.2, -0.15) is 10.1 Å². The van der Waals surface area contributed by atoms with Gasteiger partial charge in [-0.05, 0) is 23.8 Å². The number of aromatic nitrogens is 3. The molecule has 5 nitrogen and oxygen atoms in total. The van der Waals surface area contributed by atoms with Crippen LogP contribution in [0.15, 0.2) is 47.0 Å². The van der Waals surface area contributed by atoms with E-state index < -0.39 is 0 Å². The van der Waals surface area contributed by atoms with E-state index in [1.54, 1.807) is 18.2 Å². The predicted octanol–water partition coefficient (Wildman–Crippen LogP) is 3.37.